The largest absolute Gasteiger partial charge is 0.482 e. The van der Waals surface area contributed by atoms with Gasteiger partial charge in [0.15, 0.2) is 13.2 Å². The molecular weight excluding hydrogens is 428 g/mol. The second-order valence-electron chi connectivity index (χ2n) is 7.33. The maximum absolute atomic E-state index is 12.2. The third kappa shape index (κ3) is 7.88. The number of nitrogens with one attached hydrogen (secondary N) is 1. The summed E-state index contributed by atoms with van der Waals surface area (Å²) in [4.78, 5) is 36.4. The van der Waals surface area contributed by atoms with Crippen LogP contribution in [0.3, 0.4) is 0 Å². The van der Waals surface area contributed by atoms with Crippen LogP contribution in [0.5, 0.6) is 5.75 Å². The molecule has 1 amide bonds. The zero-order chi connectivity index (χ0) is 24.4. The summed E-state index contributed by atoms with van der Waals surface area (Å²) in [5.74, 6) is -0.571. The van der Waals surface area contributed by atoms with E-state index in [1.165, 1.54) is 13.0 Å². The smallest absolute Gasteiger partial charge is 0.344 e. The van der Waals surface area contributed by atoms with E-state index in [2.05, 4.69) is 5.32 Å². The lowest BCUT2D eigenvalue weighted by atomic mass is 10.0. The van der Waals surface area contributed by atoms with Crippen LogP contribution < -0.4 is 15.8 Å². The Hall–Kier alpha value is -4.00. The molecule has 10 heteroatoms. The molecule has 0 saturated heterocycles. The second kappa shape index (κ2) is 12.1. The molecule has 2 rings (SSSR count). The summed E-state index contributed by atoms with van der Waals surface area (Å²) >= 11 is 0. The van der Waals surface area contributed by atoms with Crippen molar-refractivity contribution >= 4 is 17.8 Å². The summed E-state index contributed by atoms with van der Waals surface area (Å²) < 4.78 is 15.0. The molecule has 0 radical (unpaired) electrons. The minimum absolute atomic E-state index is 0.102. The predicted octanol–water partition coefficient (Wildman–Crippen LogP) is 1.13. The SMILES string of the molecule is CCOC(=O)COc1ccc(CC(C)N2CC(N)=C(C#N)C=C2NC(=O)COC(C)=O)cc1. The highest BCUT2D eigenvalue weighted by Crippen LogP contribution is 2.22. The van der Waals surface area contributed by atoms with Gasteiger partial charge < -0.3 is 30.2 Å². The average molecular weight is 456 g/mol. The lowest BCUT2D eigenvalue weighted by molar-refractivity contribution is -0.146. The Morgan fingerprint density at radius 1 is 1.21 bits per heavy atom. The number of allylic oxidation sites excluding steroid dienone is 2. The number of benzene rings is 1. The van der Waals surface area contributed by atoms with Crippen LogP contribution >= 0.6 is 0 Å². The van der Waals surface area contributed by atoms with Crippen molar-refractivity contribution in [2.75, 3.05) is 26.4 Å². The Labute approximate surface area is 192 Å². The van der Waals surface area contributed by atoms with Gasteiger partial charge in [0, 0.05) is 18.7 Å². The number of nitriles is 1. The topological polar surface area (TPSA) is 144 Å². The number of hydrogen-bond acceptors (Lipinski definition) is 9. The number of carbonyl (C=O) groups is 3. The maximum atomic E-state index is 12.2. The van der Waals surface area contributed by atoms with Crippen molar-refractivity contribution in [2.45, 2.75) is 33.2 Å². The van der Waals surface area contributed by atoms with Gasteiger partial charge in [0.1, 0.15) is 17.6 Å². The van der Waals surface area contributed by atoms with Crippen molar-refractivity contribution in [3.05, 3.63) is 53.0 Å². The Morgan fingerprint density at radius 2 is 1.91 bits per heavy atom. The molecule has 33 heavy (non-hydrogen) atoms. The van der Waals surface area contributed by atoms with Crippen LogP contribution in [0.15, 0.2) is 47.4 Å². The summed E-state index contributed by atoms with van der Waals surface area (Å²) in [5, 5.41) is 12.0. The van der Waals surface area contributed by atoms with Crippen LogP contribution in [-0.4, -0.2) is 55.2 Å². The molecule has 0 spiro atoms. The molecule has 3 N–H and O–H groups in total. The monoisotopic (exact) mass is 456 g/mol. The van der Waals surface area contributed by atoms with Crippen LogP contribution in [0.4, 0.5) is 0 Å². The standard InChI is InChI=1S/C23H28N4O6/c1-4-31-23(30)14-33-19-7-5-17(6-8-19)9-15(2)27-12-20(25)18(11-24)10-21(27)26-22(29)13-32-16(3)28/h5-8,10,15H,4,9,12-14,25H2,1-3H3,(H,26,29). The van der Waals surface area contributed by atoms with Gasteiger partial charge in [-0.2, -0.15) is 5.26 Å². The lowest BCUT2D eigenvalue weighted by Crippen LogP contribution is -2.45. The Balaban J connectivity index is 2.05. The van der Waals surface area contributed by atoms with E-state index < -0.39 is 24.5 Å². The molecule has 0 fully saturated rings. The van der Waals surface area contributed by atoms with Crippen molar-refractivity contribution in [2.24, 2.45) is 5.73 Å². The molecule has 0 saturated carbocycles. The second-order valence-corrected chi connectivity index (χ2v) is 7.33. The van der Waals surface area contributed by atoms with Crippen molar-refractivity contribution in [1.29, 1.82) is 5.26 Å². The molecular formula is C23H28N4O6. The molecule has 0 bridgehead atoms. The summed E-state index contributed by atoms with van der Waals surface area (Å²) in [6.45, 7) is 4.87. The van der Waals surface area contributed by atoms with Crippen molar-refractivity contribution in [3.63, 3.8) is 0 Å². The molecule has 1 aliphatic rings. The molecule has 10 nitrogen and oxygen atoms in total. The van der Waals surface area contributed by atoms with Crippen LogP contribution in [0.1, 0.15) is 26.3 Å². The quantitative estimate of drug-likeness (QED) is 0.495. The highest BCUT2D eigenvalue weighted by Gasteiger charge is 2.25. The molecule has 1 aromatic carbocycles. The van der Waals surface area contributed by atoms with E-state index >= 15 is 0 Å². The number of esters is 2. The zero-order valence-corrected chi connectivity index (χ0v) is 18.9. The fraction of sp³-hybridized carbons (Fsp3) is 0.391. The van der Waals surface area contributed by atoms with Gasteiger partial charge in [-0.15, -0.1) is 0 Å². The fourth-order valence-corrected chi connectivity index (χ4v) is 3.14. The van der Waals surface area contributed by atoms with E-state index in [9.17, 15) is 19.6 Å². The molecule has 1 aromatic rings. The van der Waals surface area contributed by atoms with E-state index in [1.807, 2.05) is 30.0 Å². The zero-order valence-electron chi connectivity index (χ0n) is 18.9. The predicted molar refractivity (Wildman–Crippen MR) is 118 cm³/mol. The first-order chi connectivity index (χ1) is 15.7. The minimum Gasteiger partial charge on any atom is -0.482 e. The third-order valence-corrected chi connectivity index (χ3v) is 4.72. The summed E-state index contributed by atoms with van der Waals surface area (Å²) in [6.07, 6.45) is 2.11. The number of ether oxygens (including phenoxy) is 3. The molecule has 0 aromatic heterocycles. The molecule has 1 heterocycles. The maximum Gasteiger partial charge on any atom is 0.344 e. The first kappa shape index (κ1) is 25.3. The van der Waals surface area contributed by atoms with Gasteiger partial charge in [-0.05, 0) is 44.0 Å². The van der Waals surface area contributed by atoms with E-state index in [0.717, 1.165) is 5.56 Å². The van der Waals surface area contributed by atoms with E-state index in [0.29, 0.717) is 30.3 Å². The van der Waals surface area contributed by atoms with Crippen molar-refractivity contribution < 1.29 is 28.6 Å². The van der Waals surface area contributed by atoms with Gasteiger partial charge in [-0.25, -0.2) is 4.79 Å². The van der Waals surface area contributed by atoms with Crippen molar-refractivity contribution in [3.8, 4) is 11.8 Å². The van der Waals surface area contributed by atoms with E-state index in [1.54, 1.807) is 19.1 Å². The van der Waals surface area contributed by atoms with Crippen molar-refractivity contribution in [1.82, 2.24) is 10.2 Å². The third-order valence-electron chi connectivity index (χ3n) is 4.72. The fourth-order valence-electron chi connectivity index (χ4n) is 3.14. The number of nitrogens with zero attached hydrogens (tertiary/aromatic N) is 2. The number of nitrogens with two attached hydrogens (primary N) is 1. The number of amides is 1. The Kier molecular flexibility index (Phi) is 9.30. The molecule has 176 valence electrons. The summed E-state index contributed by atoms with van der Waals surface area (Å²) in [5.41, 5.74) is 7.69. The molecule has 0 aliphatic carbocycles. The first-order valence-corrected chi connectivity index (χ1v) is 10.4. The van der Waals surface area contributed by atoms with E-state index in [4.69, 9.17) is 19.9 Å². The first-order valence-electron chi connectivity index (χ1n) is 10.4. The lowest BCUT2D eigenvalue weighted by Gasteiger charge is -2.36. The highest BCUT2D eigenvalue weighted by atomic mass is 16.6. The molecule has 1 atom stereocenters. The van der Waals surface area contributed by atoms with Gasteiger partial charge in [0.25, 0.3) is 5.91 Å². The van der Waals surface area contributed by atoms with Gasteiger partial charge in [-0.3, -0.25) is 9.59 Å². The Bertz CT molecular complexity index is 978. The molecule has 1 aliphatic heterocycles. The van der Waals surface area contributed by atoms with Gasteiger partial charge >= 0.3 is 11.9 Å². The number of rotatable bonds is 10. The normalized spacial score (nSPS) is 14.0. The van der Waals surface area contributed by atoms with Crippen LogP contribution in [0.25, 0.3) is 0 Å². The summed E-state index contributed by atoms with van der Waals surface area (Å²) in [6, 6.07) is 9.20. The van der Waals surface area contributed by atoms with Gasteiger partial charge in [-0.1, -0.05) is 12.1 Å². The average Bonchev–Trinajstić information content (AvgIpc) is 2.78. The van der Waals surface area contributed by atoms with Crippen LogP contribution in [-0.2, 0) is 30.3 Å². The summed E-state index contributed by atoms with van der Waals surface area (Å²) in [7, 11) is 0. The van der Waals surface area contributed by atoms with Gasteiger partial charge in [0.2, 0.25) is 0 Å². The minimum atomic E-state index is -0.565. The Morgan fingerprint density at radius 3 is 2.52 bits per heavy atom. The molecule has 1 unspecified atom stereocenters. The van der Waals surface area contributed by atoms with Crippen LogP contribution in [0.2, 0.25) is 0 Å². The van der Waals surface area contributed by atoms with Gasteiger partial charge in [0.05, 0.1) is 18.7 Å². The number of hydrogen-bond donors (Lipinski definition) is 2. The highest BCUT2D eigenvalue weighted by molar-refractivity contribution is 5.81. The number of carbonyl (C=O) groups excluding carboxylic acids is 3. The van der Waals surface area contributed by atoms with Crippen LogP contribution in [0, 0.1) is 11.3 Å². The van der Waals surface area contributed by atoms with E-state index in [-0.39, 0.29) is 24.8 Å².